The number of likely N-dealkylation sites (tertiary alicyclic amines) is 1. The van der Waals surface area contributed by atoms with Crippen molar-refractivity contribution in [3.8, 4) is 0 Å². The molecule has 3 rings (SSSR count). The van der Waals surface area contributed by atoms with Crippen molar-refractivity contribution < 1.29 is 9.53 Å². The topological polar surface area (TPSA) is 66.5 Å². The predicted molar refractivity (Wildman–Crippen MR) is 87.8 cm³/mol. The van der Waals surface area contributed by atoms with Crippen molar-refractivity contribution in [3.05, 3.63) is 30.1 Å². The first-order valence-electron chi connectivity index (χ1n) is 8.46. The van der Waals surface area contributed by atoms with Crippen molar-refractivity contribution in [2.24, 2.45) is 5.92 Å². The maximum absolute atomic E-state index is 12.3. The van der Waals surface area contributed by atoms with E-state index in [1.54, 1.807) is 0 Å². The van der Waals surface area contributed by atoms with Crippen LogP contribution in [-0.2, 0) is 16.1 Å². The standard InChI is InChI=1S/C17H26N4O2/c1-13-10-21(11-14-4-2-3-6-18-14)8-5-15(13)20-17(22)16-12-23-9-7-19-16/h2-4,6,13,15-16,19H,5,7-12H2,1H3,(H,20,22)/t13-,15+,16-/m1/s1. The number of hydrogen-bond donors (Lipinski definition) is 2. The third kappa shape index (κ3) is 4.50. The number of rotatable bonds is 4. The summed E-state index contributed by atoms with van der Waals surface area (Å²) in [5, 5.41) is 6.41. The molecule has 0 spiro atoms. The third-order valence-corrected chi connectivity index (χ3v) is 4.67. The Morgan fingerprint density at radius 1 is 1.52 bits per heavy atom. The lowest BCUT2D eigenvalue weighted by Gasteiger charge is -2.38. The zero-order valence-corrected chi connectivity index (χ0v) is 13.7. The van der Waals surface area contributed by atoms with Crippen molar-refractivity contribution in [1.29, 1.82) is 0 Å². The number of nitrogens with zero attached hydrogens (tertiary/aromatic N) is 2. The molecule has 1 aromatic heterocycles. The largest absolute Gasteiger partial charge is 0.378 e. The highest BCUT2D eigenvalue weighted by Gasteiger charge is 2.30. The van der Waals surface area contributed by atoms with E-state index in [1.165, 1.54) is 0 Å². The van der Waals surface area contributed by atoms with Crippen LogP contribution in [0.25, 0.3) is 0 Å². The van der Waals surface area contributed by atoms with Crippen LogP contribution in [0.1, 0.15) is 19.0 Å². The number of piperidine rings is 1. The van der Waals surface area contributed by atoms with Crippen LogP contribution >= 0.6 is 0 Å². The van der Waals surface area contributed by atoms with Crippen LogP contribution in [0, 0.1) is 5.92 Å². The van der Waals surface area contributed by atoms with Gasteiger partial charge in [-0.05, 0) is 24.5 Å². The highest BCUT2D eigenvalue weighted by Crippen LogP contribution is 2.18. The van der Waals surface area contributed by atoms with Gasteiger partial charge in [-0.2, -0.15) is 0 Å². The van der Waals surface area contributed by atoms with E-state index in [0.717, 1.165) is 38.3 Å². The highest BCUT2D eigenvalue weighted by atomic mass is 16.5. The SMILES string of the molecule is C[C@@H]1CN(Cc2ccccn2)CC[C@@H]1NC(=O)[C@H]1COCCN1. The average molecular weight is 318 g/mol. The summed E-state index contributed by atoms with van der Waals surface area (Å²) in [5.41, 5.74) is 1.10. The van der Waals surface area contributed by atoms with Crippen molar-refractivity contribution in [2.45, 2.75) is 32.0 Å². The first-order chi connectivity index (χ1) is 11.2. The monoisotopic (exact) mass is 318 g/mol. The molecule has 0 unspecified atom stereocenters. The second-order valence-electron chi connectivity index (χ2n) is 6.52. The van der Waals surface area contributed by atoms with Crippen LogP contribution < -0.4 is 10.6 Å². The van der Waals surface area contributed by atoms with E-state index in [4.69, 9.17) is 4.74 Å². The van der Waals surface area contributed by atoms with Gasteiger partial charge in [-0.3, -0.25) is 14.7 Å². The molecule has 0 bridgehead atoms. The minimum atomic E-state index is -0.206. The van der Waals surface area contributed by atoms with Crippen LogP contribution in [0.4, 0.5) is 0 Å². The Bertz CT molecular complexity index is 505. The number of amides is 1. The van der Waals surface area contributed by atoms with E-state index in [1.807, 2.05) is 18.3 Å². The molecule has 1 amide bonds. The number of nitrogens with one attached hydrogen (secondary N) is 2. The fourth-order valence-electron chi connectivity index (χ4n) is 3.33. The molecule has 2 aliphatic rings. The quantitative estimate of drug-likeness (QED) is 0.841. The Labute approximate surface area is 137 Å². The number of morpholine rings is 1. The molecule has 6 nitrogen and oxygen atoms in total. The summed E-state index contributed by atoms with van der Waals surface area (Å²) in [4.78, 5) is 19.1. The van der Waals surface area contributed by atoms with Gasteiger partial charge in [-0.15, -0.1) is 0 Å². The molecule has 2 saturated heterocycles. The van der Waals surface area contributed by atoms with Gasteiger partial charge >= 0.3 is 0 Å². The van der Waals surface area contributed by atoms with Crippen LogP contribution in [0.5, 0.6) is 0 Å². The molecule has 2 aliphatic heterocycles. The minimum absolute atomic E-state index is 0.0692. The zero-order chi connectivity index (χ0) is 16.1. The minimum Gasteiger partial charge on any atom is -0.378 e. The number of aromatic nitrogens is 1. The van der Waals surface area contributed by atoms with Crippen molar-refractivity contribution >= 4 is 5.91 Å². The molecule has 0 aliphatic carbocycles. The van der Waals surface area contributed by atoms with E-state index < -0.39 is 0 Å². The van der Waals surface area contributed by atoms with Gasteiger partial charge in [0, 0.05) is 38.4 Å². The molecular formula is C17H26N4O2. The number of ether oxygens (including phenoxy) is 1. The molecule has 6 heteroatoms. The summed E-state index contributed by atoms with van der Waals surface area (Å²) in [7, 11) is 0. The molecule has 1 aromatic rings. The van der Waals surface area contributed by atoms with Gasteiger partial charge in [-0.25, -0.2) is 0 Å². The van der Waals surface area contributed by atoms with Gasteiger partial charge in [0.05, 0.1) is 18.9 Å². The summed E-state index contributed by atoms with van der Waals surface area (Å²) in [6.07, 6.45) is 2.82. The van der Waals surface area contributed by atoms with Crippen molar-refractivity contribution in [1.82, 2.24) is 20.5 Å². The predicted octanol–water partition coefficient (Wildman–Crippen LogP) is 0.397. The van der Waals surface area contributed by atoms with E-state index in [0.29, 0.717) is 19.1 Å². The Morgan fingerprint density at radius 2 is 2.43 bits per heavy atom. The molecule has 0 saturated carbocycles. The summed E-state index contributed by atoms with van der Waals surface area (Å²) in [6.45, 7) is 6.96. The maximum Gasteiger partial charge on any atom is 0.239 e. The normalized spacial score (nSPS) is 29.2. The number of hydrogen-bond acceptors (Lipinski definition) is 5. The van der Waals surface area contributed by atoms with Crippen LogP contribution in [-0.4, -0.2) is 60.7 Å². The zero-order valence-electron chi connectivity index (χ0n) is 13.7. The van der Waals surface area contributed by atoms with Crippen LogP contribution in [0.3, 0.4) is 0 Å². The summed E-state index contributed by atoms with van der Waals surface area (Å²) >= 11 is 0. The van der Waals surface area contributed by atoms with Crippen LogP contribution in [0.2, 0.25) is 0 Å². The van der Waals surface area contributed by atoms with E-state index in [2.05, 4.69) is 33.5 Å². The van der Waals surface area contributed by atoms with Gasteiger partial charge in [0.15, 0.2) is 0 Å². The first kappa shape index (κ1) is 16.4. The number of carbonyl (C=O) groups excluding carboxylic acids is 1. The first-order valence-corrected chi connectivity index (χ1v) is 8.46. The molecule has 3 atom stereocenters. The second kappa shape index (κ2) is 7.86. The van der Waals surface area contributed by atoms with Gasteiger partial charge in [-0.1, -0.05) is 13.0 Å². The summed E-state index contributed by atoms with van der Waals surface area (Å²) in [5.74, 6) is 0.501. The second-order valence-corrected chi connectivity index (χ2v) is 6.52. The van der Waals surface area contributed by atoms with Crippen molar-refractivity contribution in [2.75, 3.05) is 32.8 Å². The number of pyridine rings is 1. The Hall–Kier alpha value is -1.50. The van der Waals surface area contributed by atoms with Gasteiger partial charge in [0.1, 0.15) is 6.04 Å². The lowest BCUT2D eigenvalue weighted by Crippen LogP contribution is -2.56. The Balaban J connectivity index is 1.47. The van der Waals surface area contributed by atoms with Crippen LogP contribution in [0.15, 0.2) is 24.4 Å². The Kier molecular flexibility index (Phi) is 5.59. The lowest BCUT2D eigenvalue weighted by molar-refractivity contribution is -0.127. The molecule has 2 N–H and O–H groups in total. The number of carbonyl (C=O) groups is 1. The van der Waals surface area contributed by atoms with E-state index in [-0.39, 0.29) is 18.0 Å². The van der Waals surface area contributed by atoms with Gasteiger partial charge < -0.3 is 15.4 Å². The van der Waals surface area contributed by atoms with E-state index in [9.17, 15) is 4.79 Å². The molecule has 0 radical (unpaired) electrons. The molecule has 0 aromatic carbocycles. The maximum atomic E-state index is 12.3. The molecule has 126 valence electrons. The fourth-order valence-corrected chi connectivity index (χ4v) is 3.33. The van der Waals surface area contributed by atoms with Crippen molar-refractivity contribution in [3.63, 3.8) is 0 Å². The summed E-state index contributed by atoms with van der Waals surface area (Å²) in [6, 6.07) is 6.07. The third-order valence-electron chi connectivity index (χ3n) is 4.67. The molecule has 2 fully saturated rings. The lowest BCUT2D eigenvalue weighted by atomic mass is 9.93. The molecule has 3 heterocycles. The van der Waals surface area contributed by atoms with Gasteiger partial charge in [0.25, 0.3) is 0 Å². The summed E-state index contributed by atoms with van der Waals surface area (Å²) < 4.78 is 5.36. The molecular weight excluding hydrogens is 292 g/mol. The molecule has 23 heavy (non-hydrogen) atoms. The Morgan fingerprint density at radius 3 is 3.13 bits per heavy atom. The van der Waals surface area contributed by atoms with Gasteiger partial charge in [0.2, 0.25) is 5.91 Å². The smallest absolute Gasteiger partial charge is 0.239 e. The fraction of sp³-hybridized carbons (Fsp3) is 0.647. The highest BCUT2D eigenvalue weighted by molar-refractivity contribution is 5.82. The van der Waals surface area contributed by atoms with E-state index >= 15 is 0 Å². The average Bonchev–Trinajstić information content (AvgIpc) is 2.59.